The van der Waals surface area contributed by atoms with Crippen LogP contribution in [0.1, 0.15) is 91.9 Å². The first-order valence-corrected chi connectivity index (χ1v) is 12.1. The maximum absolute atomic E-state index is 11.8. The Balaban J connectivity index is 1.55. The average molecular weight is 405 g/mol. The first kappa shape index (κ1) is 21.2. The van der Waals surface area contributed by atoms with Crippen LogP contribution in [0.4, 0.5) is 0 Å². The van der Waals surface area contributed by atoms with E-state index in [9.17, 15) is 9.59 Å². The summed E-state index contributed by atoms with van der Waals surface area (Å²) in [7, 11) is 0. The zero-order valence-corrected chi connectivity index (χ0v) is 18.9. The van der Waals surface area contributed by atoms with Crippen molar-refractivity contribution < 1.29 is 19.1 Å². The fraction of sp³-hybridized carbons (Fsp3) is 0.920. The van der Waals surface area contributed by atoms with Crippen LogP contribution in [0, 0.1) is 40.4 Å². The minimum Gasteiger partial charge on any atom is -0.462 e. The molecule has 4 heteroatoms. The second-order valence-corrected chi connectivity index (χ2v) is 11.1. The Bertz CT molecular complexity index is 645. The monoisotopic (exact) mass is 404 g/mol. The molecule has 0 aliphatic heterocycles. The highest BCUT2D eigenvalue weighted by Gasteiger charge is 2.61. The first-order valence-electron chi connectivity index (χ1n) is 12.1. The van der Waals surface area contributed by atoms with E-state index >= 15 is 0 Å². The molecule has 4 rings (SSSR count). The molecule has 0 saturated heterocycles. The zero-order chi connectivity index (χ0) is 20.8. The Hall–Kier alpha value is -1.06. The van der Waals surface area contributed by atoms with Gasteiger partial charge in [-0.3, -0.25) is 9.59 Å². The molecule has 164 valence electrons. The molecule has 4 aliphatic rings. The largest absolute Gasteiger partial charge is 0.462 e. The molecule has 0 N–H and O–H groups in total. The molecule has 0 aromatic rings. The molecule has 4 aliphatic carbocycles. The third kappa shape index (κ3) is 3.63. The van der Waals surface area contributed by atoms with E-state index in [4.69, 9.17) is 9.47 Å². The van der Waals surface area contributed by atoms with Crippen molar-refractivity contribution in [3.05, 3.63) is 0 Å². The standard InChI is InChI=1S/C25H40O4/c1-16(26)28-15-23(29-17(2)27)22-11-10-20-19-9-8-18-7-5-6-13-24(18,3)21(19)12-14-25(20,22)4/h18-23H,5-15H2,1-4H3/t18-,19-,20-,21-,22+,23+,24+,25-/m1/s1. The Morgan fingerprint density at radius 1 is 0.862 bits per heavy atom. The van der Waals surface area contributed by atoms with Gasteiger partial charge in [-0.25, -0.2) is 0 Å². The summed E-state index contributed by atoms with van der Waals surface area (Å²) >= 11 is 0. The molecule has 4 nitrogen and oxygen atoms in total. The minimum absolute atomic E-state index is 0.194. The second kappa shape index (κ2) is 7.89. The van der Waals surface area contributed by atoms with Crippen LogP contribution in [-0.2, 0) is 19.1 Å². The third-order valence-electron chi connectivity index (χ3n) is 9.87. The predicted molar refractivity (Wildman–Crippen MR) is 112 cm³/mol. The fourth-order valence-corrected chi connectivity index (χ4v) is 8.59. The number of ether oxygens (including phenoxy) is 2. The van der Waals surface area contributed by atoms with Gasteiger partial charge in [0, 0.05) is 19.8 Å². The summed E-state index contributed by atoms with van der Waals surface area (Å²) in [5.41, 5.74) is 0.743. The summed E-state index contributed by atoms with van der Waals surface area (Å²) in [5.74, 6) is 3.10. The summed E-state index contributed by atoms with van der Waals surface area (Å²) in [5, 5.41) is 0. The molecule has 0 bridgehead atoms. The summed E-state index contributed by atoms with van der Waals surface area (Å²) in [6.07, 6.45) is 13.1. The molecule has 0 aromatic carbocycles. The highest BCUT2D eigenvalue weighted by atomic mass is 16.6. The van der Waals surface area contributed by atoms with E-state index < -0.39 is 0 Å². The van der Waals surface area contributed by atoms with E-state index in [1.165, 1.54) is 71.6 Å². The minimum atomic E-state index is -0.301. The molecule has 29 heavy (non-hydrogen) atoms. The lowest BCUT2D eigenvalue weighted by Gasteiger charge is -2.60. The molecular weight excluding hydrogens is 364 g/mol. The summed E-state index contributed by atoms with van der Waals surface area (Å²) < 4.78 is 11.0. The van der Waals surface area contributed by atoms with Crippen LogP contribution in [0.2, 0.25) is 0 Å². The lowest BCUT2D eigenvalue weighted by Crippen LogP contribution is -2.53. The smallest absolute Gasteiger partial charge is 0.303 e. The molecule has 0 amide bonds. The van der Waals surface area contributed by atoms with Crippen molar-refractivity contribution in [1.82, 2.24) is 0 Å². The highest BCUT2D eigenvalue weighted by molar-refractivity contribution is 5.67. The molecule has 0 unspecified atom stereocenters. The average Bonchev–Trinajstić information content (AvgIpc) is 3.01. The zero-order valence-electron chi connectivity index (χ0n) is 18.9. The van der Waals surface area contributed by atoms with Gasteiger partial charge in [0.05, 0.1) is 0 Å². The number of carbonyl (C=O) groups is 2. The van der Waals surface area contributed by atoms with E-state index in [-0.39, 0.29) is 30.1 Å². The highest BCUT2D eigenvalue weighted by Crippen LogP contribution is 2.67. The third-order valence-corrected chi connectivity index (χ3v) is 9.87. The van der Waals surface area contributed by atoms with Crippen molar-refractivity contribution in [2.24, 2.45) is 40.4 Å². The molecule has 0 aromatic heterocycles. The van der Waals surface area contributed by atoms with Crippen molar-refractivity contribution >= 4 is 11.9 Å². The van der Waals surface area contributed by atoms with Crippen LogP contribution < -0.4 is 0 Å². The topological polar surface area (TPSA) is 52.6 Å². The van der Waals surface area contributed by atoms with Crippen LogP contribution in [0.25, 0.3) is 0 Å². The predicted octanol–water partition coefficient (Wildman–Crippen LogP) is 5.53. The van der Waals surface area contributed by atoms with Crippen LogP contribution in [0.3, 0.4) is 0 Å². The lowest BCUT2D eigenvalue weighted by molar-refractivity contribution is -0.167. The van der Waals surface area contributed by atoms with E-state index in [1.807, 2.05) is 0 Å². The van der Waals surface area contributed by atoms with Crippen molar-refractivity contribution in [1.29, 1.82) is 0 Å². The fourth-order valence-electron chi connectivity index (χ4n) is 8.59. The molecular formula is C25H40O4. The number of fused-ring (bicyclic) bond motifs is 5. The van der Waals surface area contributed by atoms with Gasteiger partial charge in [0.1, 0.15) is 12.7 Å². The van der Waals surface area contributed by atoms with Crippen molar-refractivity contribution in [2.75, 3.05) is 6.61 Å². The molecule has 4 fully saturated rings. The lowest BCUT2D eigenvalue weighted by atomic mass is 9.45. The summed E-state index contributed by atoms with van der Waals surface area (Å²) in [4.78, 5) is 23.2. The number of hydrogen-bond donors (Lipinski definition) is 0. The van der Waals surface area contributed by atoms with Crippen LogP contribution in [0.15, 0.2) is 0 Å². The van der Waals surface area contributed by atoms with Gasteiger partial charge in [-0.1, -0.05) is 26.7 Å². The van der Waals surface area contributed by atoms with Gasteiger partial charge >= 0.3 is 11.9 Å². The molecule has 0 spiro atoms. The number of rotatable bonds is 4. The van der Waals surface area contributed by atoms with Gasteiger partial charge in [0.25, 0.3) is 0 Å². The van der Waals surface area contributed by atoms with E-state index in [2.05, 4.69) is 13.8 Å². The Labute approximate surface area is 176 Å². The quantitative estimate of drug-likeness (QED) is 0.578. The first-order chi connectivity index (χ1) is 13.8. The van der Waals surface area contributed by atoms with Gasteiger partial charge in [-0.15, -0.1) is 0 Å². The van der Waals surface area contributed by atoms with E-state index in [0.29, 0.717) is 11.3 Å². The van der Waals surface area contributed by atoms with Gasteiger partial charge in [-0.2, -0.15) is 0 Å². The van der Waals surface area contributed by atoms with Crippen molar-refractivity contribution in [3.63, 3.8) is 0 Å². The maximum Gasteiger partial charge on any atom is 0.303 e. The van der Waals surface area contributed by atoms with Gasteiger partial charge in [-0.05, 0) is 85.9 Å². The maximum atomic E-state index is 11.8. The molecule has 4 saturated carbocycles. The Morgan fingerprint density at radius 3 is 2.34 bits per heavy atom. The van der Waals surface area contributed by atoms with E-state index in [1.54, 1.807) is 0 Å². The number of carbonyl (C=O) groups excluding carboxylic acids is 2. The van der Waals surface area contributed by atoms with Crippen LogP contribution >= 0.6 is 0 Å². The Morgan fingerprint density at radius 2 is 1.62 bits per heavy atom. The number of esters is 2. The SMILES string of the molecule is CC(=O)OC[C@H](OC(C)=O)[C@@H]1CC[C@@H]2[C@H]3CC[C@H]4CCCC[C@]4(C)[C@@H]3CC[C@]21C. The van der Waals surface area contributed by atoms with Gasteiger partial charge in [0.2, 0.25) is 0 Å². The van der Waals surface area contributed by atoms with E-state index in [0.717, 1.165) is 30.1 Å². The van der Waals surface area contributed by atoms with Crippen molar-refractivity contribution in [3.8, 4) is 0 Å². The molecule has 0 heterocycles. The van der Waals surface area contributed by atoms with Crippen LogP contribution in [-0.4, -0.2) is 24.6 Å². The van der Waals surface area contributed by atoms with Gasteiger partial charge in [0.15, 0.2) is 0 Å². The second-order valence-electron chi connectivity index (χ2n) is 11.1. The van der Waals surface area contributed by atoms with Gasteiger partial charge < -0.3 is 9.47 Å². The molecule has 8 atom stereocenters. The van der Waals surface area contributed by atoms with Crippen LogP contribution in [0.5, 0.6) is 0 Å². The summed E-state index contributed by atoms with van der Waals surface area (Å²) in [6, 6.07) is 0. The Kier molecular flexibility index (Phi) is 5.76. The van der Waals surface area contributed by atoms with Crippen molar-refractivity contribution in [2.45, 2.75) is 98.0 Å². The molecule has 0 radical (unpaired) electrons. The summed E-state index contributed by atoms with van der Waals surface area (Å²) in [6.45, 7) is 8.17. The number of hydrogen-bond acceptors (Lipinski definition) is 4. The normalized spacial score (nSPS) is 44.8.